The van der Waals surface area contributed by atoms with Crippen molar-refractivity contribution in [1.29, 1.82) is 0 Å². The summed E-state index contributed by atoms with van der Waals surface area (Å²) in [6.45, 7) is 4.88. The Balaban J connectivity index is 1.84. The number of carbonyl (C=O) groups is 3. The summed E-state index contributed by atoms with van der Waals surface area (Å²) < 4.78 is 10.8. The van der Waals surface area contributed by atoms with Gasteiger partial charge >= 0.3 is 11.9 Å². The van der Waals surface area contributed by atoms with Gasteiger partial charge in [-0.05, 0) is 55.4 Å². The highest BCUT2D eigenvalue weighted by molar-refractivity contribution is 6.44. The first-order chi connectivity index (χ1) is 14.6. The highest BCUT2D eigenvalue weighted by Gasteiger charge is 2.45. The number of carboxylic acids is 1. The molecule has 1 atom stereocenters. The largest absolute Gasteiger partial charge is 0.480 e. The molecule has 1 unspecified atom stereocenters. The van der Waals surface area contributed by atoms with Crippen LogP contribution in [0.5, 0.6) is 5.75 Å². The molecule has 1 N–H and O–H groups in total. The quantitative estimate of drug-likeness (QED) is 0.523. The van der Waals surface area contributed by atoms with Crippen LogP contribution in [0.4, 0.5) is 0 Å². The van der Waals surface area contributed by atoms with Crippen LogP contribution >= 0.6 is 23.2 Å². The van der Waals surface area contributed by atoms with Gasteiger partial charge in [-0.1, -0.05) is 44.0 Å². The molecule has 0 saturated heterocycles. The van der Waals surface area contributed by atoms with Crippen LogP contribution in [-0.2, 0) is 25.5 Å². The van der Waals surface area contributed by atoms with Crippen LogP contribution < -0.4 is 4.74 Å². The lowest BCUT2D eigenvalue weighted by Gasteiger charge is -2.32. The number of esters is 1. The molecule has 0 amide bonds. The summed E-state index contributed by atoms with van der Waals surface area (Å²) in [6, 6.07) is 1.75. The molecule has 1 aromatic rings. The number of ketones is 1. The average molecular weight is 469 g/mol. The predicted molar refractivity (Wildman–Crippen MR) is 118 cm³/mol. The molecule has 0 fully saturated rings. The second-order valence-electron chi connectivity index (χ2n) is 8.14. The number of halogens is 2. The van der Waals surface area contributed by atoms with Crippen molar-refractivity contribution in [3.63, 3.8) is 0 Å². The Labute approximate surface area is 191 Å². The van der Waals surface area contributed by atoms with Gasteiger partial charge in [-0.2, -0.15) is 0 Å². The minimum Gasteiger partial charge on any atom is -0.480 e. The number of aliphatic carboxylic acids is 1. The molecule has 0 heterocycles. The van der Waals surface area contributed by atoms with Gasteiger partial charge in [0.15, 0.2) is 12.4 Å². The summed E-state index contributed by atoms with van der Waals surface area (Å²) in [5.41, 5.74) is 0.892. The Hall–Kier alpha value is -2.05. The number of hydrogen-bond donors (Lipinski definition) is 1. The Morgan fingerprint density at radius 1 is 1.19 bits per heavy atom. The highest BCUT2D eigenvalue weighted by atomic mass is 35.5. The second-order valence-corrected chi connectivity index (χ2v) is 8.90. The van der Waals surface area contributed by atoms with Crippen molar-refractivity contribution >= 4 is 46.5 Å². The molecule has 0 saturated carbocycles. The van der Waals surface area contributed by atoms with Gasteiger partial charge in [-0.15, -0.1) is 0 Å². The number of rotatable bonds is 8. The lowest BCUT2D eigenvalue weighted by Crippen LogP contribution is -2.43. The van der Waals surface area contributed by atoms with E-state index in [4.69, 9.17) is 32.7 Å². The second kappa shape index (κ2) is 8.83. The van der Waals surface area contributed by atoms with Crippen molar-refractivity contribution < 1.29 is 29.0 Å². The van der Waals surface area contributed by atoms with E-state index in [9.17, 15) is 19.5 Å². The molecular weight excluding hydrogens is 443 g/mol. The summed E-state index contributed by atoms with van der Waals surface area (Å²) in [6.07, 6.45) is 4.80. The van der Waals surface area contributed by atoms with Gasteiger partial charge in [0.05, 0.1) is 5.02 Å². The molecule has 168 valence electrons. The molecular formula is C23H26Cl2O6. The normalized spacial score (nSPS) is 20.0. The Morgan fingerprint density at radius 3 is 2.45 bits per heavy atom. The summed E-state index contributed by atoms with van der Waals surface area (Å²) in [5.74, 6) is -1.69. The van der Waals surface area contributed by atoms with E-state index in [1.165, 1.54) is 0 Å². The lowest BCUT2D eigenvalue weighted by molar-refractivity contribution is -0.181. The minimum atomic E-state index is -1.58. The molecule has 2 aliphatic rings. The van der Waals surface area contributed by atoms with Crippen LogP contribution in [0.3, 0.4) is 0 Å². The van der Waals surface area contributed by atoms with E-state index < -0.39 is 24.1 Å². The zero-order chi connectivity index (χ0) is 23.0. The summed E-state index contributed by atoms with van der Waals surface area (Å²) in [7, 11) is 0. The lowest BCUT2D eigenvalue weighted by atomic mass is 9.71. The van der Waals surface area contributed by atoms with Crippen LogP contribution in [-0.4, -0.2) is 35.0 Å². The fraction of sp³-hybridized carbons (Fsp3) is 0.522. The summed E-state index contributed by atoms with van der Waals surface area (Å²) >= 11 is 13.0. The number of ether oxygens (including phenoxy) is 2. The van der Waals surface area contributed by atoms with E-state index in [2.05, 4.69) is 6.92 Å². The number of hydrogen-bond acceptors (Lipinski definition) is 5. The van der Waals surface area contributed by atoms with Crippen molar-refractivity contribution in [3.05, 3.63) is 33.3 Å². The maximum Gasteiger partial charge on any atom is 0.348 e. The topological polar surface area (TPSA) is 89.9 Å². The first kappa shape index (κ1) is 23.6. The fourth-order valence-corrected chi connectivity index (χ4v) is 5.09. The number of fused-ring (bicyclic) bond motifs is 3. The third kappa shape index (κ3) is 4.08. The van der Waals surface area contributed by atoms with Crippen LogP contribution in [0.2, 0.25) is 10.0 Å². The van der Waals surface area contributed by atoms with Crippen molar-refractivity contribution in [1.82, 2.24) is 0 Å². The SMILES string of the molecule is CCC12CCC(=O)C=C1c1c(cc(OCC(=O)OC(CC)(CC)C(=O)O)c(Cl)c1Cl)C2. The van der Waals surface area contributed by atoms with E-state index in [0.29, 0.717) is 17.9 Å². The third-order valence-electron chi connectivity index (χ3n) is 6.64. The van der Waals surface area contributed by atoms with Crippen LogP contribution in [0.25, 0.3) is 5.57 Å². The average Bonchev–Trinajstić information content (AvgIpc) is 3.07. The monoisotopic (exact) mass is 468 g/mol. The predicted octanol–water partition coefficient (Wildman–Crippen LogP) is 5.26. The molecule has 0 aliphatic heterocycles. The zero-order valence-electron chi connectivity index (χ0n) is 17.8. The Kier molecular flexibility index (Phi) is 6.72. The Morgan fingerprint density at radius 2 is 1.87 bits per heavy atom. The van der Waals surface area contributed by atoms with Crippen LogP contribution in [0.15, 0.2) is 12.1 Å². The standard InChI is InChI=1S/C23H26Cl2O6/c1-4-22-8-7-14(26)10-15(22)18-13(11-22)9-16(19(24)20(18)25)30-12-17(27)31-23(5-2,6-3)21(28)29/h9-10H,4-8,11-12H2,1-3H3,(H,28,29). The van der Waals surface area contributed by atoms with E-state index in [1.807, 2.05) is 0 Å². The molecule has 31 heavy (non-hydrogen) atoms. The minimum absolute atomic E-state index is 0.0796. The molecule has 1 aromatic carbocycles. The number of carbonyl (C=O) groups excluding carboxylic acids is 2. The molecule has 6 nitrogen and oxygen atoms in total. The summed E-state index contributed by atoms with van der Waals surface area (Å²) in [4.78, 5) is 35.9. The molecule has 8 heteroatoms. The van der Waals surface area contributed by atoms with Gasteiger partial charge in [-0.3, -0.25) is 4.79 Å². The molecule has 0 bridgehead atoms. The van der Waals surface area contributed by atoms with Gasteiger partial charge in [0.25, 0.3) is 0 Å². The van der Waals surface area contributed by atoms with Crippen molar-refractivity contribution in [2.45, 2.75) is 64.9 Å². The Bertz CT molecular complexity index is 963. The van der Waals surface area contributed by atoms with Gasteiger partial charge in [-0.25, -0.2) is 9.59 Å². The van der Waals surface area contributed by atoms with E-state index in [-0.39, 0.29) is 34.8 Å². The molecule has 0 radical (unpaired) electrons. The maximum atomic E-state index is 12.3. The smallest absolute Gasteiger partial charge is 0.348 e. The first-order valence-electron chi connectivity index (χ1n) is 10.5. The van der Waals surface area contributed by atoms with Gasteiger partial charge < -0.3 is 14.6 Å². The number of carboxylic acid groups (broad SMARTS) is 1. The van der Waals surface area contributed by atoms with Crippen molar-refractivity contribution in [2.24, 2.45) is 5.41 Å². The highest BCUT2D eigenvalue weighted by Crippen LogP contribution is 2.57. The van der Waals surface area contributed by atoms with Crippen LogP contribution in [0.1, 0.15) is 64.0 Å². The molecule has 0 aromatic heterocycles. The summed E-state index contributed by atoms with van der Waals surface area (Å²) in [5, 5.41) is 9.87. The van der Waals surface area contributed by atoms with Gasteiger partial charge in [0, 0.05) is 17.4 Å². The number of benzene rings is 1. The van der Waals surface area contributed by atoms with Gasteiger partial charge in [0.1, 0.15) is 10.8 Å². The maximum absolute atomic E-state index is 12.3. The number of allylic oxidation sites excluding steroid dienone is 2. The van der Waals surface area contributed by atoms with E-state index >= 15 is 0 Å². The van der Waals surface area contributed by atoms with Crippen LogP contribution in [0, 0.1) is 5.41 Å². The molecule has 3 rings (SSSR count). The van der Waals surface area contributed by atoms with Gasteiger partial charge in [0.2, 0.25) is 5.60 Å². The zero-order valence-corrected chi connectivity index (χ0v) is 19.4. The fourth-order valence-electron chi connectivity index (χ4n) is 4.57. The van der Waals surface area contributed by atoms with E-state index in [0.717, 1.165) is 29.5 Å². The third-order valence-corrected chi connectivity index (χ3v) is 7.49. The first-order valence-corrected chi connectivity index (χ1v) is 11.2. The van der Waals surface area contributed by atoms with Crippen molar-refractivity contribution in [2.75, 3.05) is 6.61 Å². The molecule has 0 spiro atoms. The van der Waals surface area contributed by atoms with Crippen molar-refractivity contribution in [3.8, 4) is 5.75 Å². The molecule has 2 aliphatic carbocycles. The van der Waals surface area contributed by atoms with E-state index in [1.54, 1.807) is 26.0 Å².